The molecule has 1 aliphatic carbocycles. The minimum atomic E-state index is -3.14. The second-order valence-corrected chi connectivity index (χ2v) is 9.02. The molecule has 1 atom stereocenters. The molecule has 0 radical (unpaired) electrons. The van der Waals surface area contributed by atoms with Gasteiger partial charge in [-0.05, 0) is 43.7 Å². The number of hydrogen-bond acceptors (Lipinski definition) is 5. The van der Waals surface area contributed by atoms with Crippen molar-refractivity contribution >= 4 is 10.0 Å². The molecule has 25 heavy (non-hydrogen) atoms. The van der Waals surface area contributed by atoms with Crippen LogP contribution in [0.3, 0.4) is 0 Å². The summed E-state index contributed by atoms with van der Waals surface area (Å²) >= 11 is 0. The van der Waals surface area contributed by atoms with Crippen LogP contribution in [0.5, 0.6) is 0 Å². The molecular weight excluding hydrogens is 345 g/mol. The minimum absolute atomic E-state index is 0.149. The topological polar surface area (TPSA) is 76.3 Å². The summed E-state index contributed by atoms with van der Waals surface area (Å²) in [5.41, 5.74) is 0.305. The molecule has 0 unspecified atom stereocenters. The van der Waals surface area contributed by atoms with E-state index in [1.807, 2.05) is 0 Å². The SMILES string of the molecule is O=S(=O)(C1CC1)N1CCC[C@@H](Cc2nc(-c3ccccc3F)no2)C1. The van der Waals surface area contributed by atoms with Gasteiger partial charge in [0, 0.05) is 19.5 Å². The molecule has 2 fully saturated rings. The predicted molar refractivity (Wildman–Crippen MR) is 89.6 cm³/mol. The molecule has 1 aromatic carbocycles. The minimum Gasteiger partial charge on any atom is -0.339 e. The van der Waals surface area contributed by atoms with Crippen molar-refractivity contribution in [2.24, 2.45) is 5.92 Å². The Balaban J connectivity index is 1.45. The first-order chi connectivity index (χ1) is 12.0. The maximum atomic E-state index is 13.8. The van der Waals surface area contributed by atoms with Crippen molar-refractivity contribution in [3.63, 3.8) is 0 Å². The van der Waals surface area contributed by atoms with Crippen molar-refractivity contribution in [3.05, 3.63) is 36.0 Å². The summed E-state index contributed by atoms with van der Waals surface area (Å²) in [5, 5.41) is 3.68. The van der Waals surface area contributed by atoms with Gasteiger partial charge in [-0.25, -0.2) is 17.1 Å². The van der Waals surface area contributed by atoms with Crippen LogP contribution in [0.15, 0.2) is 28.8 Å². The van der Waals surface area contributed by atoms with Crippen molar-refractivity contribution in [1.29, 1.82) is 0 Å². The molecule has 6 nitrogen and oxygen atoms in total. The monoisotopic (exact) mass is 365 g/mol. The fraction of sp³-hybridized carbons (Fsp3) is 0.529. The molecular formula is C17H20FN3O3S. The predicted octanol–water partition coefficient (Wildman–Crippen LogP) is 2.62. The van der Waals surface area contributed by atoms with Crippen LogP contribution in [0.4, 0.5) is 4.39 Å². The standard InChI is InChI=1S/C17H20FN3O3S/c18-15-6-2-1-5-14(15)17-19-16(24-20-17)10-12-4-3-9-21(11-12)25(22,23)13-7-8-13/h1-2,5-6,12-13H,3-4,7-11H2/t12-/m0/s1. The number of benzene rings is 1. The van der Waals surface area contributed by atoms with E-state index >= 15 is 0 Å². The number of piperidine rings is 1. The maximum absolute atomic E-state index is 13.8. The average molecular weight is 365 g/mol. The van der Waals surface area contributed by atoms with Crippen LogP contribution in [0.25, 0.3) is 11.4 Å². The lowest BCUT2D eigenvalue weighted by atomic mass is 9.96. The third-order valence-corrected chi connectivity index (χ3v) is 7.20. The lowest BCUT2D eigenvalue weighted by Gasteiger charge is -2.31. The van der Waals surface area contributed by atoms with Gasteiger partial charge in [-0.3, -0.25) is 0 Å². The zero-order chi connectivity index (χ0) is 17.4. The smallest absolute Gasteiger partial charge is 0.227 e. The molecule has 2 aliphatic rings. The largest absolute Gasteiger partial charge is 0.339 e. The summed E-state index contributed by atoms with van der Waals surface area (Å²) in [6, 6.07) is 6.29. The Morgan fingerprint density at radius 2 is 2.04 bits per heavy atom. The third kappa shape index (κ3) is 3.46. The Labute approximate surface area is 146 Å². The second kappa shape index (κ2) is 6.49. The number of sulfonamides is 1. The number of rotatable bonds is 5. The Morgan fingerprint density at radius 1 is 1.24 bits per heavy atom. The zero-order valence-corrected chi connectivity index (χ0v) is 14.6. The van der Waals surface area contributed by atoms with Gasteiger partial charge in [-0.2, -0.15) is 4.98 Å². The van der Waals surface area contributed by atoms with Crippen LogP contribution < -0.4 is 0 Å². The number of halogens is 1. The van der Waals surface area contributed by atoms with Crippen molar-refractivity contribution in [2.45, 2.75) is 37.4 Å². The van der Waals surface area contributed by atoms with Gasteiger partial charge >= 0.3 is 0 Å². The molecule has 1 aliphatic heterocycles. The van der Waals surface area contributed by atoms with Gasteiger partial charge in [0.1, 0.15) is 5.82 Å². The Kier molecular flexibility index (Phi) is 4.33. The van der Waals surface area contributed by atoms with Crippen LogP contribution in [0.2, 0.25) is 0 Å². The highest BCUT2D eigenvalue weighted by Crippen LogP contribution is 2.33. The molecule has 2 heterocycles. The van der Waals surface area contributed by atoms with Crippen LogP contribution in [0.1, 0.15) is 31.6 Å². The molecule has 1 aromatic heterocycles. The summed E-state index contributed by atoms with van der Waals surface area (Å²) in [4.78, 5) is 4.28. The number of nitrogens with zero attached hydrogens (tertiary/aromatic N) is 3. The maximum Gasteiger partial charge on any atom is 0.227 e. The van der Waals surface area contributed by atoms with Gasteiger partial charge in [0.05, 0.1) is 10.8 Å². The lowest BCUT2D eigenvalue weighted by Crippen LogP contribution is -2.42. The molecule has 8 heteroatoms. The van der Waals surface area contributed by atoms with E-state index in [2.05, 4.69) is 10.1 Å². The quantitative estimate of drug-likeness (QED) is 0.814. The van der Waals surface area contributed by atoms with Gasteiger partial charge in [0.25, 0.3) is 0 Å². The van der Waals surface area contributed by atoms with E-state index in [1.54, 1.807) is 22.5 Å². The van der Waals surface area contributed by atoms with Gasteiger partial charge in [-0.15, -0.1) is 0 Å². The summed E-state index contributed by atoms with van der Waals surface area (Å²) in [6.45, 7) is 1.09. The molecule has 0 amide bonds. The zero-order valence-electron chi connectivity index (χ0n) is 13.8. The molecule has 134 valence electrons. The Morgan fingerprint density at radius 3 is 2.80 bits per heavy atom. The molecule has 0 spiro atoms. The highest BCUT2D eigenvalue weighted by molar-refractivity contribution is 7.90. The normalized spacial score (nSPS) is 22.2. The average Bonchev–Trinajstić information content (AvgIpc) is 3.37. The van der Waals surface area contributed by atoms with E-state index in [1.165, 1.54) is 6.07 Å². The molecule has 0 N–H and O–H groups in total. The Hall–Kier alpha value is -1.80. The molecule has 2 aromatic rings. The molecule has 1 saturated carbocycles. The fourth-order valence-electron chi connectivity index (χ4n) is 3.34. The van der Waals surface area contributed by atoms with Gasteiger partial charge < -0.3 is 4.52 Å². The summed E-state index contributed by atoms with van der Waals surface area (Å²) in [5.74, 6) is 0.408. The Bertz CT molecular complexity index is 864. The molecule has 1 saturated heterocycles. The first-order valence-electron chi connectivity index (χ1n) is 8.60. The van der Waals surface area contributed by atoms with Crippen molar-refractivity contribution in [3.8, 4) is 11.4 Å². The molecule has 4 rings (SSSR count). The van der Waals surface area contributed by atoms with Gasteiger partial charge in [0.2, 0.25) is 21.7 Å². The number of hydrogen-bond donors (Lipinski definition) is 0. The second-order valence-electron chi connectivity index (χ2n) is 6.81. The highest BCUT2D eigenvalue weighted by Gasteiger charge is 2.41. The van der Waals surface area contributed by atoms with Crippen molar-refractivity contribution in [2.75, 3.05) is 13.1 Å². The van der Waals surface area contributed by atoms with Gasteiger partial charge in [-0.1, -0.05) is 17.3 Å². The van der Waals surface area contributed by atoms with E-state index in [4.69, 9.17) is 4.52 Å². The van der Waals surface area contributed by atoms with Crippen molar-refractivity contribution < 1.29 is 17.3 Å². The van der Waals surface area contributed by atoms with E-state index < -0.39 is 15.8 Å². The van der Waals surface area contributed by atoms with Crippen LogP contribution in [-0.4, -0.2) is 41.2 Å². The summed E-state index contributed by atoms with van der Waals surface area (Å²) < 4.78 is 45.5. The van der Waals surface area contributed by atoms with E-state index in [0.717, 1.165) is 25.7 Å². The summed E-state index contributed by atoms with van der Waals surface area (Å²) in [7, 11) is -3.14. The van der Waals surface area contributed by atoms with Crippen LogP contribution in [0, 0.1) is 11.7 Å². The fourth-order valence-corrected chi connectivity index (χ4v) is 5.29. The third-order valence-electron chi connectivity index (χ3n) is 4.83. The first kappa shape index (κ1) is 16.7. The lowest BCUT2D eigenvalue weighted by molar-refractivity contribution is 0.246. The van der Waals surface area contributed by atoms with E-state index in [-0.39, 0.29) is 17.0 Å². The molecule has 0 bridgehead atoms. The van der Waals surface area contributed by atoms with E-state index in [9.17, 15) is 12.8 Å². The van der Waals surface area contributed by atoms with Crippen molar-refractivity contribution in [1.82, 2.24) is 14.4 Å². The van der Waals surface area contributed by atoms with Crippen LogP contribution in [-0.2, 0) is 16.4 Å². The first-order valence-corrected chi connectivity index (χ1v) is 10.1. The summed E-state index contributed by atoms with van der Waals surface area (Å²) in [6.07, 6.45) is 3.83. The highest BCUT2D eigenvalue weighted by atomic mass is 32.2. The van der Waals surface area contributed by atoms with E-state index in [0.29, 0.717) is 31.0 Å². The van der Waals surface area contributed by atoms with Gasteiger partial charge in [0.15, 0.2) is 0 Å². The van der Waals surface area contributed by atoms with Crippen LogP contribution >= 0.6 is 0 Å². The number of aromatic nitrogens is 2.